The van der Waals surface area contributed by atoms with Crippen LogP contribution in [-0.4, -0.2) is 20.9 Å². The first-order chi connectivity index (χ1) is 12.6. The van der Waals surface area contributed by atoms with Crippen molar-refractivity contribution in [2.45, 2.75) is 31.8 Å². The summed E-state index contributed by atoms with van der Waals surface area (Å²) in [5, 5.41) is 19.9. The summed E-state index contributed by atoms with van der Waals surface area (Å²) < 4.78 is 0. The Hall–Kier alpha value is -3.22. The van der Waals surface area contributed by atoms with Gasteiger partial charge in [0.1, 0.15) is 6.20 Å². The fourth-order valence-corrected chi connectivity index (χ4v) is 2.86. The van der Waals surface area contributed by atoms with Crippen LogP contribution in [0.3, 0.4) is 0 Å². The van der Waals surface area contributed by atoms with Crippen LogP contribution in [0, 0.1) is 10.1 Å². The minimum absolute atomic E-state index is 0.0326. The first-order valence-electron chi connectivity index (χ1n) is 8.63. The van der Waals surface area contributed by atoms with E-state index < -0.39 is 4.92 Å². The highest BCUT2D eigenvalue weighted by Gasteiger charge is 2.26. The standard InChI is InChI=1S/C19H19N5O2/c1-12(14-7-6-13-4-2-3-5-15(13)10-14)21-19-20-11-17(24(25)26)18(23-19)22-16-8-9-16/h2-7,10-12,16H,8-9H2,1H3,(H2,20,21,22,23)/t12-/m0/s1. The van der Waals surface area contributed by atoms with Crippen molar-refractivity contribution in [2.75, 3.05) is 10.6 Å². The Balaban J connectivity index is 1.57. The molecule has 7 heteroatoms. The van der Waals surface area contributed by atoms with Crippen LogP contribution in [0.1, 0.15) is 31.4 Å². The molecule has 0 radical (unpaired) electrons. The van der Waals surface area contributed by atoms with E-state index in [4.69, 9.17) is 0 Å². The van der Waals surface area contributed by atoms with Gasteiger partial charge < -0.3 is 10.6 Å². The maximum absolute atomic E-state index is 11.2. The fourth-order valence-electron chi connectivity index (χ4n) is 2.86. The van der Waals surface area contributed by atoms with Crippen LogP contribution in [0.2, 0.25) is 0 Å². The summed E-state index contributed by atoms with van der Waals surface area (Å²) in [4.78, 5) is 19.2. The maximum atomic E-state index is 11.2. The van der Waals surface area contributed by atoms with Crippen molar-refractivity contribution < 1.29 is 4.92 Å². The smallest absolute Gasteiger partial charge is 0.329 e. The largest absolute Gasteiger partial charge is 0.361 e. The second-order valence-electron chi connectivity index (χ2n) is 6.58. The zero-order chi connectivity index (χ0) is 18.1. The number of aromatic nitrogens is 2. The van der Waals surface area contributed by atoms with Crippen LogP contribution in [0.25, 0.3) is 10.8 Å². The fraction of sp³-hybridized carbons (Fsp3) is 0.263. The highest BCUT2D eigenvalue weighted by atomic mass is 16.6. The molecule has 132 valence electrons. The third-order valence-corrected chi connectivity index (χ3v) is 4.50. The molecule has 1 atom stereocenters. The van der Waals surface area contributed by atoms with Gasteiger partial charge in [0, 0.05) is 6.04 Å². The Bertz CT molecular complexity index is 971. The number of benzene rings is 2. The van der Waals surface area contributed by atoms with Crippen LogP contribution >= 0.6 is 0 Å². The third kappa shape index (κ3) is 3.42. The van der Waals surface area contributed by atoms with Crippen LogP contribution in [0.4, 0.5) is 17.5 Å². The molecule has 2 aromatic carbocycles. The maximum Gasteiger partial charge on any atom is 0.329 e. The minimum atomic E-state index is -0.457. The number of nitro groups is 1. The highest BCUT2D eigenvalue weighted by molar-refractivity contribution is 5.83. The third-order valence-electron chi connectivity index (χ3n) is 4.50. The summed E-state index contributed by atoms with van der Waals surface area (Å²) >= 11 is 0. The van der Waals surface area contributed by atoms with E-state index in [1.54, 1.807) is 0 Å². The van der Waals surface area contributed by atoms with E-state index in [-0.39, 0.29) is 23.6 Å². The molecule has 1 fully saturated rings. The quantitative estimate of drug-likeness (QED) is 0.509. The molecule has 1 heterocycles. The van der Waals surface area contributed by atoms with Gasteiger partial charge in [0.15, 0.2) is 0 Å². The van der Waals surface area contributed by atoms with Gasteiger partial charge in [0.05, 0.1) is 11.0 Å². The molecule has 0 amide bonds. The van der Waals surface area contributed by atoms with Crippen molar-refractivity contribution in [1.29, 1.82) is 0 Å². The van der Waals surface area contributed by atoms with E-state index in [0.717, 1.165) is 18.4 Å². The zero-order valence-corrected chi connectivity index (χ0v) is 14.3. The van der Waals surface area contributed by atoms with Gasteiger partial charge in [-0.05, 0) is 42.2 Å². The Morgan fingerprint density at radius 2 is 1.96 bits per heavy atom. The summed E-state index contributed by atoms with van der Waals surface area (Å²) in [6.45, 7) is 2.02. The number of fused-ring (bicyclic) bond motifs is 1. The van der Waals surface area contributed by atoms with Gasteiger partial charge in [-0.15, -0.1) is 0 Å². The molecule has 4 rings (SSSR count). The number of nitrogens with one attached hydrogen (secondary N) is 2. The monoisotopic (exact) mass is 349 g/mol. The highest BCUT2D eigenvalue weighted by Crippen LogP contribution is 2.30. The molecule has 1 saturated carbocycles. The molecule has 26 heavy (non-hydrogen) atoms. The average molecular weight is 349 g/mol. The van der Waals surface area contributed by atoms with Gasteiger partial charge in [-0.2, -0.15) is 4.98 Å². The molecule has 7 nitrogen and oxygen atoms in total. The van der Waals surface area contributed by atoms with E-state index in [1.807, 2.05) is 19.1 Å². The van der Waals surface area contributed by atoms with Crippen molar-refractivity contribution in [1.82, 2.24) is 9.97 Å². The summed E-state index contributed by atoms with van der Waals surface area (Å²) in [7, 11) is 0. The number of anilines is 2. The van der Waals surface area contributed by atoms with Gasteiger partial charge in [0.25, 0.3) is 0 Å². The van der Waals surface area contributed by atoms with Gasteiger partial charge in [-0.3, -0.25) is 10.1 Å². The molecular weight excluding hydrogens is 330 g/mol. The van der Waals surface area contributed by atoms with Crippen LogP contribution in [0.15, 0.2) is 48.7 Å². The predicted octanol–water partition coefficient (Wildman–Crippen LogP) is 4.29. The molecule has 2 N–H and O–H groups in total. The number of rotatable bonds is 6. The van der Waals surface area contributed by atoms with Gasteiger partial charge in [-0.1, -0.05) is 36.4 Å². The molecule has 1 aliphatic rings. The number of nitrogens with zero attached hydrogens (tertiary/aromatic N) is 3. The molecule has 0 unspecified atom stereocenters. The predicted molar refractivity (Wildman–Crippen MR) is 101 cm³/mol. The normalized spacial score (nSPS) is 14.8. The second-order valence-corrected chi connectivity index (χ2v) is 6.58. The Labute approximate surface area is 150 Å². The Morgan fingerprint density at radius 1 is 1.19 bits per heavy atom. The molecule has 3 aromatic rings. The molecule has 1 aliphatic carbocycles. The molecule has 0 saturated heterocycles. The van der Waals surface area contributed by atoms with Gasteiger partial charge in [-0.25, -0.2) is 4.98 Å². The second kappa shape index (κ2) is 6.59. The Morgan fingerprint density at radius 3 is 2.69 bits per heavy atom. The van der Waals surface area contributed by atoms with Crippen molar-refractivity contribution in [2.24, 2.45) is 0 Å². The van der Waals surface area contributed by atoms with Gasteiger partial charge in [0.2, 0.25) is 11.8 Å². The van der Waals surface area contributed by atoms with E-state index in [2.05, 4.69) is 50.9 Å². The molecule has 0 aliphatic heterocycles. The number of hydrogen-bond donors (Lipinski definition) is 2. The minimum Gasteiger partial charge on any atom is -0.361 e. The van der Waals surface area contributed by atoms with E-state index >= 15 is 0 Å². The zero-order valence-electron chi connectivity index (χ0n) is 14.3. The molecule has 0 spiro atoms. The first-order valence-corrected chi connectivity index (χ1v) is 8.63. The lowest BCUT2D eigenvalue weighted by atomic mass is 10.0. The summed E-state index contributed by atoms with van der Waals surface area (Å²) in [5.41, 5.74) is 1.00. The molecular formula is C19H19N5O2. The van der Waals surface area contributed by atoms with E-state index in [9.17, 15) is 10.1 Å². The van der Waals surface area contributed by atoms with Gasteiger partial charge >= 0.3 is 5.69 Å². The molecule has 1 aromatic heterocycles. The lowest BCUT2D eigenvalue weighted by Gasteiger charge is -2.15. The number of hydrogen-bond acceptors (Lipinski definition) is 6. The summed E-state index contributed by atoms with van der Waals surface area (Å²) in [6, 6.07) is 14.7. The van der Waals surface area contributed by atoms with E-state index in [1.165, 1.54) is 17.0 Å². The summed E-state index contributed by atoms with van der Waals surface area (Å²) in [6.07, 6.45) is 3.28. The SMILES string of the molecule is C[C@H](Nc1ncc([N+](=O)[O-])c(NC2CC2)n1)c1ccc2ccccc2c1. The Kier molecular flexibility index (Phi) is 4.12. The van der Waals surface area contributed by atoms with Crippen molar-refractivity contribution in [3.8, 4) is 0 Å². The summed E-state index contributed by atoms with van der Waals surface area (Å²) in [5.74, 6) is 0.653. The van der Waals surface area contributed by atoms with Crippen LogP contribution in [0.5, 0.6) is 0 Å². The average Bonchev–Trinajstić information content (AvgIpc) is 3.45. The van der Waals surface area contributed by atoms with Crippen molar-refractivity contribution in [3.05, 3.63) is 64.3 Å². The van der Waals surface area contributed by atoms with Crippen LogP contribution < -0.4 is 10.6 Å². The molecule has 0 bridgehead atoms. The lowest BCUT2D eigenvalue weighted by Crippen LogP contribution is -2.12. The van der Waals surface area contributed by atoms with Crippen molar-refractivity contribution >= 4 is 28.2 Å². The lowest BCUT2D eigenvalue weighted by molar-refractivity contribution is -0.384. The topological polar surface area (TPSA) is 93.0 Å². The van der Waals surface area contributed by atoms with Crippen molar-refractivity contribution in [3.63, 3.8) is 0 Å². The first kappa shape index (κ1) is 16.3. The van der Waals surface area contributed by atoms with E-state index in [0.29, 0.717) is 5.95 Å². The van der Waals surface area contributed by atoms with Crippen LogP contribution in [-0.2, 0) is 0 Å².